The summed E-state index contributed by atoms with van der Waals surface area (Å²) in [7, 11) is 0. The Morgan fingerprint density at radius 2 is 1.67 bits per heavy atom. The van der Waals surface area contributed by atoms with Crippen molar-refractivity contribution in [3.63, 3.8) is 0 Å². The van der Waals surface area contributed by atoms with Gasteiger partial charge in [0, 0.05) is 0 Å². The van der Waals surface area contributed by atoms with Crippen LogP contribution in [0.3, 0.4) is 0 Å². The van der Waals surface area contributed by atoms with E-state index in [1.807, 2.05) is 0 Å². The van der Waals surface area contributed by atoms with Gasteiger partial charge in [0.05, 0.1) is 0 Å². The van der Waals surface area contributed by atoms with Gasteiger partial charge in [-0.1, -0.05) is 0 Å². The molecule has 128 valence electrons. The van der Waals surface area contributed by atoms with E-state index in [4.69, 9.17) is 10.2 Å². The molecular formula is C21H30N2Sn. The number of hydrogen-bond donors (Lipinski definition) is 0. The maximum atomic E-state index is 5.07. The van der Waals surface area contributed by atoms with E-state index < -0.39 is 18.4 Å². The van der Waals surface area contributed by atoms with Crippen LogP contribution in [-0.4, -0.2) is 23.9 Å². The number of fused-ring (bicyclic) bond motifs is 5. The van der Waals surface area contributed by atoms with Gasteiger partial charge in [0.2, 0.25) is 0 Å². The summed E-state index contributed by atoms with van der Waals surface area (Å²) in [6.07, 6.45) is 6.47. The summed E-state index contributed by atoms with van der Waals surface area (Å²) in [6, 6.07) is 11.0. The Labute approximate surface area is 150 Å². The third kappa shape index (κ3) is 1.95. The molecule has 0 amide bonds. The predicted octanol–water partition coefficient (Wildman–Crippen LogP) is 5.98. The number of azo groups is 1. The molecule has 2 bridgehead atoms. The Hall–Kier alpha value is -0.641. The fourth-order valence-electron chi connectivity index (χ4n) is 5.85. The molecule has 3 aliphatic rings. The van der Waals surface area contributed by atoms with Crippen molar-refractivity contribution >= 4 is 18.4 Å². The zero-order valence-corrected chi connectivity index (χ0v) is 18.6. The van der Waals surface area contributed by atoms with Gasteiger partial charge in [-0.15, -0.1) is 0 Å². The van der Waals surface area contributed by atoms with Crippen LogP contribution in [0.1, 0.15) is 38.7 Å². The van der Waals surface area contributed by atoms with E-state index in [2.05, 4.69) is 69.2 Å². The molecule has 0 spiro atoms. The number of rotatable bonds is 3. The average molecular weight is 429 g/mol. The van der Waals surface area contributed by atoms with Crippen LogP contribution in [0.5, 0.6) is 0 Å². The number of nitrogens with zero attached hydrogens (tertiary/aromatic N) is 2. The first-order valence-electron chi connectivity index (χ1n) is 9.45. The Kier molecular flexibility index (Phi) is 3.63. The molecule has 4 atom stereocenters. The molecule has 1 heterocycles. The van der Waals surface area contributed by atoms with Gasteiger partial charge in [-0.05, 0) is 0 Å². The topological polar surface area (TPSA) is 24.7 Å². The summed E-state index contributed by atoms with van der Waals surface area (Å²) < 4.78 is 2.58. The van der Waals surface area contributed by atoms with Crippen molar-refractivity contribution in [3.05, 3.63) is 46.1 Å². The Bertz CT molecular complexity index is 700. The van der Waals surface area contributed by atoms with Gasteiger partial charge in [0.1, 0.15) is 0 Å². The zero-order valence-electron chi connectivity index (χ0n) is 15.7. The molecule has 0 N–H and O–H groups in total. The fourth-order valence-corrected chi connectivity index (χ4v) is 8.00. The summed E-state index contributed by atoms with van der Waals surface area (Å²) in [5.74, 6) is 1.31. The Morgan fingerprint density at radius 3 is 2.33 bits per heavy atom. The van der Waals surface area contributed by atoms with Crippen LogP contribution in [0.2, 0.25) is 14.8 Å². The fraction of sp³-hybridized carbons (Fsp3) is 0.619. The molecule has 0 saturated heterocycles. The van der Waals surface area contributed by atoms with Gasteiger partial charge in [-0.2, -0.15) is 0 Å². The second-order valence-corrected chi connectivity index (χ2v) is 24.1. The standard InChI is InChI=1S/C18H21N2.3CH3.Sn/c1-4-17-14-11-8-12-15(14)18(20-19-17,16(17,2)3)13-9-6-5-7-10-13;;;;/h1,4-7,9-10,14-15H,8,11-12H2,2-3H3;3*1H3;/t14-,15+,17-,18+;;;;/m0..../s1. The van der Waals surface area contributed by atoms with Gasteiger partial charge >= 0.3 is 151 Å². The molecule has 4 rings (SSSR count). The molecule has 24 heavy (non-hydrogen) atoms. The van der Waals surface area contributed by atoms with Crippen molar-refractivity contribution in [2.45, 2.75) is 59.0 Å². The van der Waals surface area contributed by atoms with Crippen molar-refractivity contribution < 1.29 is 0 Å². The molecular weight excluding hydrogens is 399 g/mol. The van der Waals surface area contributed by atoms with Crippen molar-refractivity contribution in [1.29, 1.82) is 0 Å². The Balaban J connectivity index is 1.90. The number of benzene rings is 1. The van der Waals surface area contributed by atoms with E-state index in [1.54, 1.807) is 0 Å². The molecule has 2 nitrogen and oxygen atoms in total. The second kappa shape index (κ2) is 5.18. The summed E-state index contributed by atoms with van der Waals surface area (Å²) >= 11 is -2.00. The van der Waals surface area contributed by atoms with Gasteiger partial charge in [0.25, 0.3) is 0 Å². The molecule has 3 heteroatoms. The van der Waals surface area contributed by atoms with Crippen LogP contribution in [-0.2, 0) is 5.54 Å². The summed E-state index contributed by atoms with van der Waals surface area (Å²) in [4.78, 5) is 7.44. The van der Waals surface area contributed by atoms with Gasteiger partial charge in [-0.25, -0.2) is 0 Å². The van der Waals surface area contributed by atoms with Crippen LogP contribution in [0.15, 0.2) is 50.7 Å². The van der Waals surface area contributed by atoms with Crippen molar-refractivity contribution in [3.8, 4) is 0 Å². The molecule has 2 fully saturated rings. The normalized spacial score (nSPS) is 39.7. The quantitative estimate of drug-likeness (QED) is 0.529. The van der Waals surface area contributed by atoms with Crippen molar-refractivity contribution in [2.24, 2.45) is 27.5 Å². The average Bonchev–Trinajstić information content (AvgIpc) is 3.13. The minimum absolute atomic E-state index is 0.0464. The van der Waals surface area contributed by atoms with E-state index in [-0.39, 0.29) is 16.5 Å². The van der Waals surface area contributed by atoms with Gasteiger partial charge in [-0.3, -0.25) is 0 Å². The SMILES string of the molecule is CC1(C)[C@@]2(/C=[CH]/[Sn]([CH3])([CH3])[CH3])N=N[C@]1(c1ccccc1)[C@@H]1CCC[C@@H]12. The van der Waals surface area contributed by atoms with Crippen LogP contribution < -0.4 is 0 Å². The van der Waals surface area contributed by atoms with Gasteiger partial charge in [0.15, 0.2) is 0 Å². The first kappa shape index (κ1) is 16.8. The second-order valence-electron chi connectivity index (χ2n) is 9.63. The predicted molar refractivity (Wildman–Crippen MR) is 103 cm³/mol. The van der Waals surface area contributed by atoms with Crippen molar-refractivity contribution in [2.75, 3.05) is 0 Å². The minimum atomic E-state index is -2.00. The van der Waals surface area contributed by atoms with E-state index in [1.165, 1.54) is 24.8 Å². The molecule has 1 aliphatic heterocycles. The maximum absolute atomic E-state index is 5.07. The molecule has 0 radical (unpaired) electrons. The van der Waals surface area contributed by atoms with E-state index >= 15 is 0 Å². The zero-order chi connectivity index (χ0) is 17.2. The van der Waals surface area contributed by atoms with Crippen molar-refractivity contribution in [1.82, 2.24) is 0 Å². The molecule has 2 saturated carbocycles. The summed E-state index contributed by atoms with van der Waals surface area (Å²) in [5, 5.41) is 10.1. The van der Waals surface area contributed by atoms with E-state index in [0.29, 0.717) is 11.8 Å². The molecule has 2 aliphatic carbocycles. The monoisotopic (exact) mass is 430 g/mol. The molecule has 0 unspecified atom stereocenters. The summed E-state index contributed by atoms with van der Waals surface area (Å²) in [5.41, 5.74) is 1.20. The Morgan fingerprint density at radius 1 is 1.00 bits per heavy atom. The van der Waals surface area contributed by atoms with Crippen LogP contribution in [0.25, 0.3) is 0 Å². The molecule has 1 aromatic carbocycles. The van der Waals surface area contributed by atoms with Crippen LogP contribution in [0.4, 0.5) is 0 Å². The summed E-state index contributed by atoms with van der Waals surface area (Å²) in [6.45, 7) is 4.86. The van der Waals surface area contributed by atoms with Crippen LogP contribution >= 0.6 is 0 Å². The third-order valence-corrected chi connectivity index (χ3v) is 10.3. The van der Waals surface area contributed by atoms with E-state index in [9.17, 15) is 0 Å². The van der Waals surface area contributed by atoms with Gasteiger partial charge < -0.3 is 0 Å². The van der Waals surface area contributed by atoms with E-state index in [0.717, 1.165) is 0 Å². The molecule has 0 aromatic heterocycles. The first-order chi connectivity index (χ1) is 11.2. The molecule has 1 aromatic rings. The van der Waals surface area contributed by atoms with Crippen LogP contribution in [0, 0.1) is 17.3 Å². The number of hydrogen-bond acceptors (Lipinski definition) is 2. The third-order valence-electron chi connectivity index (χ3n) is 7.00. The first-order valence-corrected chi connectivity index (χ1v) is 19.7.